The number of hydrogen-bond acceptors (Lipinski definition) is 2. The lowest BCUT2D eigenvalue weighted by atomic mass is 9.99. The fourth-order valence-corrected chi connectivity index (χ4v) is 2.10. The standard InChI is InChI=1S/C17H26O2/c1-6-9-13(3)10-8-11-14(4)15-12-16(18)17(5,7-2)19-15/h9,11-12H,6-8,10H2,1-5H3/b13-9+,14-11+. The van der Waals surface area contributed by atoms with Gasteiger partial charge in [0, 0.05) is 6.08 Å². The first-order chi connectivity index (χ1) is 8.92. The molecule has 1 aliphatic rings. The molecule has 0 aromatic carbocycles. The van der Waals surface area contributed by atoms with E-state index in [1.807, 2.05) is 20.8 Å². The molecule has 0 aliphatic carbocycles. The van der Waals surface area contributed by atoms with Crippen LogP contribution < -0.4 is 0 Å². The Kier molecular flexibility index (Phi) is 5.59. The molecule has 0 N–H and O–H groups in total. The van der Waals surface area contributed by atoms with E-state index in [0.29, 0.717) is 6.42 Å². The molecule has 1 rings (SSSR count). The second-order valence-corrected chi connectivity index (χ2v) is 5.44. The van der Waals surface area contributed by atoms with Crippen molar-refractivity contribution >= 4 is 5.78 Å². The van der Waals surface area contributed by atoms with E-state index in [2.05, 4.69) is 26.0 Å². The van der Waals surface area contributed by atoms with Crippen LogP contribution in [0.2, 0.25) is 0 Å². The number of carbonyl (C=O) groups excluding carboxylic acids is 1. The minimum Gasteiger partial charge on any atom is -0.479 e. The third-order valence-corrected chi connectivity index (χ3v) is 3.72. The lowest BCUT2D eigenvalue weighted by Crippen LogP contribution is -2.31. The average molecular weight is 262 g/mol. The summed E-state index contributed by atoms with van der Waals surface area (Å²) >= 11 is 0. The Morgan fingerprint density at radius 2 is 2.00 bits per heavy atom. The van der Waals surface area contributed by atoms with Crippen LogP contribution in [0.3, 0.4) is 0 Å². The minimum atomic E-state index is -0.650. The van der Waals surface area contributed by atoms with Gasteiger partial charge in [-0.1, -0.05) is 31.6 Å². The van der Waals surface area contributed by atoms with Crippen LogP contribution >= 0.6 is 0 Å². The van der Waals surface area contributed by atoms with E-state index >= 15 is 0 Å². The summed E-state index contributed by atoms with van der Waals surface area (Å²) in [6.45, 7) is 10.2. The second-order valence-electron chi connectivity index (χ2n) is 5.44. The van der Waals surface area contributed by atoms with E-state index in [1.165, 1.54) is 5.57 Å². The fraction of sp³-hybridized carbons (Fsp3) is 0.588. The first kappa shape index (κ1) is 15.7. The highest BCUT2D eigenvalue weighted by molar-refractivity contribution is 5.99. The molecule has 106 valence electrons. The van der Waals surface area contributed by atoms with Crippen LogP contribution in [-0.2, 0) is 9.53 Å². The first-order valence-corrected chi connectivity index (χ1v) is 7.20. The van der Waals surface area contributed by atoms with Gasteiger partial charge in [0.1, 0.15) is 5.76 Å². The number of allylic oxidation sites excluding steroid dienone is 4. The monoisotopic (exact) mass is 262 g/mol. The quantitative estimate of drug-likeness (QED) is 0.647. The second kappa shape index (κ2) is 6.74. The molecule has 0 radical (unpaired) electrons. The van der Waals surface area contributed by atoms with E-state index in [4.69, 9.17) is 4.74 Å². The molecule has 2 nitrogen and oxygen atoms in total. The van der Waals surface area contributed by atoms with E-state index in [1.54, 1.807) is 6.08 Å². The molecule has 1 heterocycles. The largest absolute Gasteiger partial charge is 0.479 e. The zero-order chi connectivity index (χ0) is 14.5. The van der Waals surface area contributed by atoms with Crippen LogP contribution in [-0.4, -0.2) is 11.4 Å². The van der Waals surface area contributed by atoms with Gasteiger partial charge in [0.05, 0.1) is 0 Å². The molecule has 0 aromatic rings. The van der Waals surface area contributed by atoms with Gasteiger partial charge in [-0.25, -0.2) is 0 Å². The summed E-state index contributed by atoms with van der Waals surface area (Å²) in [5.74, 6) is 0.825. The lowest BCUT2D eigenvalue weighted by molar-refractivity contribution is -0.128. The topological polar surface area (TPSA) is 26.3 Å². The van der Waals surface area contributed by atoms with Gasteiger partial charge in [-0.3, -0.25) is 4.79 Å². The predicted octanol–water partition coefficient (Wildman–Crippen LogP) is 4.72. The molecule has 0 saturated carbocycles. The summed E-state index contributed by atoms with van der Waals surface area (Å²) in [7, 11) is 0. The molecule has 0 bridgehead atoms. The van der Waals surface area contributed by atoms with Crippen molar-refractivity contribution in [3.63, 3.8) is 0 Å². The molecule has 1 aliphatic heterocycles. The highest BCUT2D eigenvalue weighted by Crippen LogP contribution is 2.31. The van der Waals surface area contributed by atoms with E-state index < -0.39 is 5.60 Å². The van der Waals surface area contributed by atoms with Gasteiger partial charge in [0.25, 0.3) is 0 Å². The number of carbonyl (C=O) groups is 1. The van der Waals surface area contributed by atoms with Gasteiger partial charge >= 0.3 is 0 Å². The first-order valence-electron chi connectivity index (χ1n) is 7.20. The Hall–Kier alpha value is -1.31. The maximum absolute atomic E-state index is 11.9. The third-order valence-electron chi connectivity index (χ3n) is 3.72. The summed E-state index contributed by atoms with van der Waals surface area (Å²) in [6.07, 6.45) is 9.91. The van der Waals surface area contributed by atoms with Gasteiger partial charge in [-0.2, -0.15) is 0 Å². The van der Waals surface area contributed by atoms with Crippen LogP contribution in [0.25, 0.3) is 0 Å². The number of ketones is 1. The molecule has 0 fully saturated rings. The molecular formula is C17H26O2. The van der Waals surface area contributed by atoms with Crippen molar-refractivity contribution in [2.45, 2.75) is 65.9 Å². The molecule has 19 heavy (non-hydrogen) atoms. The lowest BCUT2D eigenvalue weighted by Gasteiger charge is -2.22. The summed E-state index contributed by atoms with van der Waals surface area (Å²) < 4.78 is 5.81. The van der Waals surface area contributed by atoms with Crippen molar-refractivity contribution in [2.75, 3.05) is 0 Å². The van der Waals surface area contributed by atoms with Gasteiger partial charge in [-0.15, -0.1) is 0 Å². The maximum atomic E-state index is 11.9. The van der Waals surface area contributed by atoms with Crippen LogP contribution in [0, 0.1) is 0 Å². The zero-order valence-corrected chi connectivity index (χ0v) is 12.9. The number of ether oxygens (including phenoxy) is 1. The normalized spacial score (nSPS) is 24.5. The van der Waals surface area contributed by atoms with Crippen molar-refractivity contribution in [1.29, 1.82) is 0 Å². The molecule has 0 amide bonds. The SMILES string of the molecule is CC/C=C(\C)CC/C=C(\C)C1=CC(=O)C(C)(CC)O1. The van der Waals surface area contributed by atoms with Crippen LogP contribution in [0.15, 0.2) is 35.1 Å². The molecule has 0 spiro atoms. The van der Waals surface area contributed by atoms with Crippen molar-refractivity contribution in [3.05, 3.63) is 35.1 Å². The summed E-state index contributed by atoms with van der Waals surface area (Å²) in [5, 5.41) is 0. The highest BCUT2D eigenvalue weighted by atomic mass is 16.5. The van der Waals surface area contributed by atoms with Crippen molar-refractivity contribution in [2.24, 2.45) is 0 Å². The molecular weight excluding hydrogens is 236 g/mol. The summed E-state index contributed by atoms with van der Waals surface area (Å²) in [4.78, 5) is 11.9. The molecule has 2 heteroatoms. The number of rotatable bonds is 6. The Bertz CT molecular complexity index is 427. The van der Waals surface area contributed by atoms with E-state index in [0.717, 1.165) is 30.6 Å². The Morgan fingerprint density at radius 3 is 2.53 bits per heavy atom. The van der Waals surface area contributed by atoms with Crippen LogP contribution in [0.5, 0.6) is 0 Å². The fourth-order valence-electron chi connectivity index (χ4n) is 2.10. The molecule has 0 saturated heterocycles. The third kappa shape index (κ3) is 4.09. The zero-order valence-electron chi connectivity index (χ0n) is 12.9. The van der Waals surface area contributed by atoms with Crippen molar-refractivity contribution < 1.29 is 9.53 Å². The van der Waals surface area contributed by atoms with Crippen LogP contribution in [0.4, 0.5) is 0 Å². The predicted molar refractivity (Wildman–Crippen MR) is 79.9 cm³/mol. The highest BCUT2D eigenvalue weighted by Gasteiger charge is 2.38. The molecule has 1 unspecified atom stereocenters. The van der Waals surface area contributed by atoms with E-state index in [-0.39, 0.29) is 5.78 Å². The van der Waals surface area contributed by atoms with Crippen LogP contribution in [0.1, 0.15) is 60.3 Å². The van der Waals surface area contributed by atoms with Gasteiger partial charge in [-0.05, 0) is 52.0 Å². The average Bonchev–Trinajstić information content (AvgIpc) is 2.67. The van der Waals surface area contributed by atoms with Gasteiger partial charge in [0.15, 0.2) is 5.60 Å². The molecule has 0 aromatic heterocycles. The maximum Gasteiger partial charge on any atom is 0.202 e. The smallest absolute Gasteiger partial charge is 0.202 e. The summed E-state index contributed by atoms with van der Waals surface area (Å²) in [6, 6.07) is 0. The summed E-state index contributed by atoms with van der Waals surface area (Å²) in [5.41, 5.74) is 1.83. The van der Waals surface area contributed by atoms with Gasteiger partial charge in [0.2, 0.25) is 5.78 Å². The Labute approximate surface area is 117 Å². The Morgan fingerprint density at radius 1 is 1.32 bits per heavy atom. The van der Waals surface area contributed by atoms with Crippen molar-refractivity contribution in [1.82, 2.24) is 0 Å². The molecule has 1 atom stereocenters. The Balaban J connectivity index is 2.60. The van der Waals surface area contributed by atoms with Crippen molar-refractivity contribution in [3.8, 4) is 0 Å². The minimum absolute atomic E-state index is 0.0832. The number of hydrogen-bond donors (Lipinski definition) is 0. The van der Waals surface area contributed by atoms with E-state index in [9.17, 15) is 4.79 Å². The van der Waals surface area contributed by atoms with Gasteiger partial charge < -0.3 is 4.74 Å².